The van der Waals surface area contributed by atoms with E-state index in [2.05, 4.69) is 25.0 Å². The van der Waals surface area contributed by atoms with Crippen LogP contribution in [0.1, 0.15) is 5.56 Å². The van der Waals surface area contributed by atoms with Gasteiger partial charge in [-0.05, 0) is 17.7 Å². The number of ether oxygens (including phenoxy) is 1. The normalized spacial score (nSPS) is 12.3. The molecular formula is C15H21FN2O6Si. The molecule has 10 heteroatoms. The highest BCUT2D eigenvalue weighted by molar-refractivity contribution is 6.76. The van der Waals surface area contributed by atoms with Gasteiger partial charge in [-0.25, -0.2) is 9.59 Å². The lowest BCUT2D eigenvalue weighted by Crippen LogP contribution is -2.43. The van der Waals surface area contributed by atoms with Crippen molar-refractivity contribution in [2.24, 2.45) is 0 Å². The van der Waals surface area contributed by atoms with E-state index in [4.69, 9.17) is 4.74 Å². The number of nitro benzene ring substituents is 1. The molecule has 1 aromatic rings. The maximum Gasteiger partial charge on any atom is 0.407 e. The number of nitrogens with zero attached hydrogens (tertiary/aromatic N) is 1. The number of halogens is 1. The second-order valence-electron chi connectivity index (χ2n) is 6.73. The molecule has 0 unspecified atom stereocenters. The third-order valence-corrected chi connectivity index (χ3v) is 5.03. The van der Waals surface area contributed by atoms with Crippen LogP contribution in [0.3, 0.4) is 0 Å². The van der Waals surface area contributed by atoms with E-state index >= 15 is 0 Å². The zero-order valence-corrected chi connectivity index (χ0v) is 15.2. The summed E-state index contributed by atoms with van der Waals surface area (Å²) in [5.74, 6) is -2.34. The number of hydrogen-bond acceptors (Lipinski definition) is 5. The van der Waals surface area contributed by atoms with Gasteiger partial charge >= 0.3 is 17.7 Å². The third-order valence-electron chi connectivity index (χ3n) is 3.32. The van der Waals surface area contributed by atoms with Crippen molar-refractivity contribution in [3.8, 4) is 0 Å². The second-order valence-corrected chi connectivity index (χ2v) is 12.4. The van der Waals surface area contributed by atoms with Crippen LogP contribution in [0.4, 0.5) is 14.9 Å². The largest absolute Gasteiger partial charge is 0.480 e. The van der Waals surface area contributed by atoms with Crippen molar-refractivity contribution in [3.05, 3.63) is 39.7 Å². The van der Waals surface area contributed by atoms with Crippen LogP contribution in [0, 0.1) is 15.9 Å². The van der Waals surface area contributed by atoms with Crippen LogP contribution in [-0.2, 0) is 16.0 Å². The quantitative estimate of drug-likeness (QED) is 0.411. The average Bonchev–Trinajstić information content (AvgIpc) is 2.46. The molecule has 1 atom stereocenters. The predicted molar refractivity (Wildman–Crippen MR) is 90.8 cm³/mol. The summed E-state index contributed by atoms with van der Waals surface area (Å²) >= 11 is 0. The molecule has 0 saturated carbocycles. The Morgan fingerprint density at radius 1 is 1.40 bits per heavy atom. The first-order valence-electron chi connectivity index (χ1n) is 7.58. The minimum absolute atomic E-state index is 0.190. The summed E-state index contributed by atoms with van der Waals surface area (Å²) in [6.07, 6.45) is -1.11. The van der Waals surface area contributed by atoms with E-state index < -0.39 is 42.6 Å². The Balaban J connectivity index is 2.72. The second kappa shape index (κ2) is 8.56. The number of carbonyl (C=O) groups is 2. The van der Waals surface area contributed by atoms with E-state index in [0.29, 0.717) is 0 Å². The lowest BCUT2D eigenvalue weighted by Gasteiger charge is -2.17. The SMILES string of the molecule is C[Si](C)(C)CCOC(=O)N[C@@H](Cc1ccc(F)c([N+](=O)[O-])c1)C(=O)O. The van der Waals surface area contributed by atoms with Gasteiger partial charge in [-0.3, -0.25) is 10.1 Å². The van der Waals surface area contributed by atoms with Gasteiger partial charge in [0.1, 0.15) is 6.04 Å². The average molecular weight is 372 g/mol. The van der Waals surface area contributed by atoms with Crippen LogP contribution in [-0.4, -0.2) is 42.8 Å². The number of benzene rings is 1. The predicted octanol–water partition coefficient (Wildman–Crippen LogP) is 2.79. The fourth-order valence-corrected chi connectivity index (χ4v) is 2.61. The van der Waals surface area contributed by atoms with Crippen LogP contribution in [0.5, 0.6) is 0 Å². The Labute approximate surface area is 145 Å². The molecule has 25 heavy (non-hydrogen) atoms. The topological polar surface area (TPSA) is 119 Å². The van der Waals surface area contributed by atoms with Gasteiger partial charge in [-0.2, -0.15) is 4.39 Å². The Hall–Kier alpha value is -2.49. The van der Waals surface area contributed by atoms with E-state index in [1.54, 1.807) is 0 Å². The number of rotatable bonds is 8. The highest BCUT2D eigenvalue weighted by Gasteiger charge is 2.23. The van der Waals surface area contributed by atoms with E-state index in [-0.39, 0.29) is 18.6 Å². The molecule has 0 saturated heterocycles. The number of carbonyl (C=O) groups excluding carboxylic acids is 1. The number of nitro groups is 1. The zero-order chi connectivity index (χ0) is 19.2. The van der Waals surface area contributed by atoms with Gasteiger partial charge in [-0.1, -0.05) is 25.7 Å². The van der Waals surface area contributed by atoms with Gasteiger partial charge in [0.05, 0.1) is 11.5 Å². The molecule has 0 heterocycles. The minimum Gasteiger partial charge on any atom is -0.480 e. The molecule has 0 radical (unpaired) electrons. The molecule has 2 N–H and O–H groups in total. The van der Waals surface area contributed by atoms with Crippen molar-refractivity contribution in [1.82, 2.24) is 5.32 Å². The molecular weight excluding hydrogens is 351 g/mol. The van der Waals surface area contributed by atoms with E-state index in [1.165, 1.54) is 6.07 Å². The van der Waals surface area contributed by atoms with Gasteiger partial charge < -0.3 is 15.2 Å². The van der Waals surface area contributed by atoms with E-state index in [1.807, 2.05) is 0 Å². The highest BCUT2D eigenvalue weighted by Crippen LogP contribution is 2.19. The monoisotopic (exact) mass is 372 g/mol. The minimum atomic E-state index is -1.39. The number of amides is 1. The fourth-order valence-electron chi connectivity index (χ4n) is 1.89. The van der Waals surface area contributed by atoms with E-state index in [9.17, 15) is 29.2 Å². The molecule has 0 aliphatic carbocycles. The van der Waals surface area contributed by atoms with Crippen molar-refractivity contribution in [2.45, 2.75) is 38.1 Å². The summed E-state index contributed by atoms with van der Waals surface area (Å²) in [5, 5.41) is 22.1. The molecule has 0 fully saturated rings. The van der Waals surface area contributed by atoms with Crippen molar-refractivity contribution < 1.29 is 28.7 Å². The maximum atomic E-state index is 13.3. The van der Waals surface area contributed by atoms with Crippen LogP contribution < -0.4 is 5.32 Å². The first kappa shape index (κ1) is 20.6. The molecule has 1 aromatic carbocycles. The van der Waals surface area contributed by atoms with Crippen LogP contribution in [0.15, 0.2) is 18.2 Å². The molecule has 1 rings (SSSR count). The highest BCUT2D eigenvalue weighted by atomic mass is 28.3. The summed E-state index contributed by atoms with van der Waals surface area (Å²) in [5.41, 5.74) is -0.540. The summed E-state index contributed by atoms with van der Waals surface area (Å²) < 4.78 is 18.3. The number of hydrogen-bond donors (Lipinski definition) is 2. The van der Waals surface area contributed by atoms with Gasteiger partial charge in [-0.15, -0.1) is 0 Å². The third kappa shape index (κ3) is 7.29. The molecule has 1 amide bonds. The van der Waals surface area contributed by atoms with Crippen LogP contribution in [0.25, 0.3) is 0 Å². The van der Waals surface area contributed by atoms with Gasteiger partial charge in [0, 0.05) is 20.6 Å². The summed E-state index contributed by atoms with van der Waals surface area (Å²) in [6, 6.07) is 2.46. The van der Waals surface area contributed by atoms with Gasteiger partial charge in [0.15, 0.2) is 0 Å². The molecule has 0 aromatic heterocycles. The Kier molecular flexibility index (Phi) is 7.04. The Morgan fingerprint density at radius 3 is 2.56 bits per heavy atom. The molecule has 8 nitrogen and oxygen atoms in total. The van der Waals surface area contributed by atoms with E-state index in [0.717, 1.165) is 18.2 Å². The smallest absolute Gasteiger partial charge is 0.407 e. The number of alkyl carbamates (subject to hydrolysis) is 1. The molecule has 138 valence electrons. The fraction of sp³-hybridized carbons (Fsp3) is 0.467. The number of carboxylic acids is 1. The number of aliphatic carboxylic acids is 1. The lowest BCUT2D eigenvalue weighted by atomic mass is 10.1. The molecule has 0 spiro atoms. The summed E-state index contributed by atoms with van der Waals surface area (Å²) in [4.78, 5) is 32.8. The number of nitrogens with one attached hydrogen (secondary N) is 1. The number of carboxylic acid groups (broad SMARTS) is 1. The first-order chi connectivity index (χ1) is 11.5. The van der Waals surface area contributed by atoms with Crippen LogP contribution in [0.2, 0.25) is 25.7 Å². The van der Waals surface area contributed by atoms with Crippen molar-refractivity contribution in [1.29, 1.82) is 0 Å². The maximum absolute atomic E-state index is 13.3. The molecule has 0 aliphatic rings. The van der Waals surface area contributed by atoms with Crippen molar-refractivity contribution in [2.75, 3.05) is 6.61 Å². The van der Waals surface area contributed by atoms with Crippen molar-refractivity contribution in [3.63, 3.8) is 0 Å². The van der Waals surface area contributed by atoms with Gasteiger partial charge in [0.2, 0.25) is 5.82 Å². The van der Waals surface area contributed by atoms with Crippen LogP contribution >= 0.6 is 0 Å². The molecule has 0 aliphatic heterocycles. The summed E-state index contributed by atoms with van der Waals surface area (Å²) in [6.45, 7) is 6.51. The molecule has 0 bridgehead atoms. The lowest BCUT2D eigenvalue weighted by molar-refractivity contribution is -0.387. The first-order valence-corrected chi connectivity index (χ1v) is 11.3. The Morgan fingerprint density at radius 2 is 2.04 bits per heavy atom. The standard InChI is InChI=1S/C15H21FN2O6Si/c1-25(2,3)7-6-24-15(21)17-12(14(19)20)8-10-4-5-11(16)13(9-10)18(22)23/h4-5,9,12H,6-8H2,1-3H3,(H,17,21)(H,19,20)/t12-/m0/s1. The Bertz CT molecular complexity index is 662. The zero-order valence-electron chi connectivity index (χ0n) is 14.2. The van der Waals surface area contributed by atoms with Gasteiger partial charge in [0.25, 0.3) is 0 Å². The summed E-state index contributed by atoms with van der Waals surface area (Å²) in [7, 11) is -1.39. The van der Waals surface area contributed by atoms with Crippen molar-refractivity contribution >= 4 is 25.8 Å².